The van der Waals surface area contributed by atoms with Crippen LogP contribution in [-0.4, -0.2) is 39.8 Å². The molecule has 0 aliphatic rings. The number of rotatable bonds is 6. The minimum atomic E-state index is -1.07. The van der Waals surface area contributed by atoms with E-state index in [0.717, 1.165) is 0 Å². The minimum Gasteiger partial charge on any atom is -0.476 e. The Balaban J connectivity index is 2.21. The van der Waals surface area contributed by atoms with Crippen LogP contribution < -0.4 is 4.74 Å². The fraction of sp³-hybridized carbons (Fsp3) is 0.429. The summed E-state index contributed by atoms with van der Waals surface area (Å²) in [6, 6.07) is 5.28. The molecule has 2 heterocycles. The van der Waals surface area contributed by atoms with Gasteiger partial charge >= 0.3 is 5.97 Å². The van der Waals surface area contributed by atoms with Gasteiger partial charge in [-0.1, -0.05) is 6.07 Å². The van der Waals surface area contributed by atoms with Crippen LogP contribution in [0.25, 0.3) is 5.65 Å². The molecule has 108 valence electrons. The average molecular weight is 278 g/mol. The van der Waals surface area contributed by atoms with Gasteiger partial charge in [0.15, 0.2) is 5.69 Å². The number of imidazole rings is 1. The number of carboxylic acid groups (broad SMARTS) is 1. The molecule has 20 heavy (non-hydrogen) atoms. The standard InChI is InChI=1S/C14H18N2O4/c1-14(2,19-3)7-9-20-12-11(13(17)18)16-8-5-4-6-10(16)15-12/h4-6,8H,7,9H2,1-3H3,(H,17,18). The average Bonchev–Trinajstić information content (AvgIpc) is 2.76. The van der Waals surface area contributed by atoms with Gasteiger partial charge in [-0.2, -0.15) is 4.98 Å². The number of fused-ring (bicyclic) bond motifs is 1. The summed E-state index contributed by atoms with van der Waals surface area (Å²) in [4.78, 5) is 15.5. The molecule has 0 radical (unpaired) electrons. The number of carboxylic acids is 1. The van der Waals surface area contributed by atoms with Crippen LogP contribution in [0.4, 0.5) is 0 Å². The Labute approximate surface area is 117 Å². The van der Waals surface area contributed by atoms with Crippen LogP contribution in [0.15, 0.2) is 24.4 Å². The zero-order chi connectivity index (χ0) is 14.8. The second-order valence-electron chi connectivity index (χ2n) is 5.06. The molecule has 0 atom stereocenters. The van der Waals surface area contributed by atoms with E-state index in [1.165, 1.54) is 4.40 Å². The smallest absolute Gasteiger partial charge is 0.358 e. The summed E-state index contributed by atoms with van der Waals surface area (Å²) in [6.07, 6.45) is 2.29. The first-order chi connectivity index (χ1) is 9.44. The number of hydrogen-bond donors (Lipinski definition) is 1. The van der Waals surface area contributed by atoms with Gasteiger partial charge in [-0.05, 0) is 26.0 Å². The summed E-state index contributed by atoms with van der Waals surface area (Å²) < 4.78 is 12.3. The Morgan fingerprint density at radius 1 is 1.45 bits per heavy atom. The molecule has 6 nitrogen and oxygen atoms in total. The lowest BCUT2D eigenvalue weighted by Crippen LogP contribution is -2.25. The molecule has 2 rings (SSSR count). The molecule has 2 aromatic rings. The Bertz CT molecular complexity index is 619. The number of nitrogens with zero attached hydrogens (tertiary/aromatic N) is 2. The Morgan fingerprint density at radius 3 is 2.85 bits per heavy atom. The zero-order valence-electron chi connectivity index (χ0n) is 11.8. The highest BCUT2D eigenvalue weighted by molar-refractivity contribution is 5.89. The van der Waals surface area contributed by atoms with E-state index in [1.54, 1.807) is 31.5 Å². The first-order valence-electron chi connectivity index (χ1n) is 6.33. The SMILES string of the molecule is COC(C)(C)CCOc1nc2ccccn2c1C(=O)O. The molecule has 2 aromatic heterocycles. The number of ether oxygens (including phenoxy) is 2. The van der Waals surface area contributed by atoms with Crippen molar-refractivity contribution in [3.05, 3.63) is 30.1 Å². The Hall–Kier alpha value is -2.08. The molecule has 0 aromatic carbocycles. The maximum absolute atomic E-state index is 11.3. The van der Waals surface area contributed by atoms with Crippen molar-refractivity contribution < 1.29 is 19.4 Å². The van der Waals surface area contributed by atoms with E-state index in [9.17, 15) is 9.90 Å². The van der Waals surface area contributed by atoms with Crippen LogP contribution in [0.2, 0.25) is 0 Å². The summed E-state index contributed by atoms with van der Waals surface area (Å²) >= 11 is 0. The van der Waals surface area contributed by atoms with Gasteiger partial charge in [0.1, 0.15) is 5.65 Å². The highest BCUT2D eigenvalue weighted by Crippen LogP contribution is 2.21. The van der Waals surface area contributed by atoms with E-state index in [1.807, 2.05) is 13.8 Å². The number of hydrogen-bond acceptors (Lipinski definition) is 4. The Morgan fingerprint density at radius 2 is 2.20 bits per heavy atom. The predicted octanol–water partition coefficient (Wildman–Crippen LogP) is 2.23. The molecular formula is C14H18N2O4. The van der Waals surface area contributed by atoms with Crippen molar-refractivity contribution in [2.45, 2.75) is 25.9 Å². The summed E-state index contributed by atoms with van der Waals surface area (Å²) in [5.74, 6) is -0.930. The summed E-state index contributed by atoms with van der Waals surface area (Å²) in [5, 5.41) is 9.29. The first kappa shape index (κ1) is 14.3. The van der Waals surface area contributed by atoms with E-state index in [2.05, 4.69) is 4.98 Å². The van der Waals surface area contributed by atoms with Crippen molar-refractivity contribution in [3.63, 3.8) is 0 Å². The molecular weight excluding hydrogens is 260 g/mol. The number of aromatic nitrogens is 2. The van der Waals surface area contributed by atoms with Crippen molar-refractivity contribution >= 4 is 11.6 Å². The van der Waals surface area contributed by atoms with Crippen LogP contribution in [0.3, 0.4) is 0 Å². The molecule has 0 saturated carbocycles. The molecule has 0 aliphatic carbocycles. The first-order valence-corrected chi connectivity index (χ1v) is 6.33. The van der Waals surface area contributed by atoms with Gasteiger partial charge < -0.3 is 14.6 Å². The summed E-state index contributed by atoms with van der Waals surface area (Å²) in [7, 11) is 1.63. The van der Waals surface area contributed by atoms with Gasteiger partial charge in [0.25, 0.3) is 0 Å². The van der Waals surface area contributed by atoms with E-state index in [-0.39, 0.29) is 17.2 Å². The second-order valence-corrected chi connectivity index (χ2v) is 5.06. The fourth-order valence-electron chi connectivity index (χ4n) is 1.77. The van der Waals surface area contributed by atoms with E-state index in [4.69, 9.17) is 9.47 Å². The highest BCUT2D eigenvalue weighted by atomic mass is 16.5. The van der Waals surface area contributed by atoms with Gasteiger partial charge in [-0.15, -0.1) is 0 Å². The van der Waals surface area contributed by atoms with E-state index < -0.39 is 5.97 Å². The third kappa shape index (κ3) is 2.91. The van der Waals surface area contributed by atoms with Gasteiger partial charge in [0.05, 0.1) is 12.2 Å². The van der Waals surface area contributed by atoms with Gasteiger partial charge in [-0.25, -0.2) is 4.79 Å². The second kappa shape index (κ2) is 5.50. The zero-order valence-corrected chi connectivity index (χ0v) is 11.8. The fourth-order valence-corrected chi connectivity index (χ4v) is 1.77. The van der Waals surface area contributed by atoms with Gasteiger partial charge in [-0.3, -0.25) is 4.40 Å². The lowest BCUT2D eigenvalue weighted by atomic mass is 10.1. The topological polar surface area (TPSA) is 73.1 Å². The monoisotopic (exact) mass is 278 g/mol. The lowest BCUT2D eigenvalue weighted by molar-refractivity contribution is 0.00504. The van der Waals surface area contributed by atoms with Crippen LogP contribution >= 0.6 is 0 Å². The van der Waals surface area contributed by atoms with Crippen LogP contribution in [-0.2, 0) is 4.74 Å². The highest BCUT2D eigenvalue weighted by Gasteiger charge is 2.21. The molecule has 0 saturated heterocycles. The predicted molar refractivity (Wildman–Crippen MR) is 73.4 cm³/mol. The van der Waals surface area contributed by atoms with Crippen LogP contribution in [0.5, 0.6) is 5.88 Å². The molecule has 0 spiro atoms. The Kier molecular flexibility index (Phi) is 3.94. The largest absolute Gasteiger partial charge is 0.476 e. The van der Waals surface area contributed by atoms with Crippen molar-refractivity contribution in [2.24, 2.45) is 0 Å². The molecule has 0 amide bonds. The van der Waals surface area contributed by atoms with Crippen molar-refractivity contribution in [1.82, 2.24) is 9.38 Å². The van der Waals surface area contributed by atoms with Crippen LogP contribution in [0.1, 0.15) is 30.8 Å². The number of methoxy groups -OCH3 is 1. The van der Waals surface area contributed by atoms with Gasteiger partial charge in [0.2, 0.25) is 5.88 Å². The number of carbonyl (C=O) groups is 1. The number of aromatic carboxylic acids is 1. The molecule has 0 aliphatic heterocycles. The van der Waals surface area contributed by atoms with E-state index in [0.29, 0.717) is 18.7 Å². The van der Waals surface area contributed by atoms with Crippen LogP contribution in [0, 0.1) is 0 Å². The molecule has 0 unspecified atom stereocenters. The quantitative estimate of drug-likeness (QED) is 0.877. The van der Waals surface area contributed by atoms with Crippen molar-refractivity contribution in [3.8, 4) is 5.88 Å². The molecule has 6 heteroatoms. The number of pyridine rings is 1. The molecule has 0 fully saturated rings. The van der Waals surface area contributed by atoms with Crippen molar-refractivity contribution in [1.29, 1.82) is 0 Å². The third-order valence-electron chi connectivity index (χ3n) is 3.20. The third-order valence-corrected chi connectivity index (χ3v) is 3.20. The molecule has 1 N–H and O–H groups in total. The van der Waals surface area contributed by atoms with E-state index >= 15 is 0 Å². The maximum atomic E-state index is 11.3. The summed E-state index contributed by atoms with van der Waals surface area (Å²) in [5.41, 5.74) is 0.268. The normalized spacial score (nSPS) is 11.8. The van der Waals surface area contributed by atoms with Gasteiger partial charge in [0, 0.05) is 19.7 Å². The minimum absolute atomic E-state index is 0.0378. The molecule has 0 bridgehead atoms. The summed E-state index contributed by atoms with van der Waals surface area (Å²) in [6.45, 7) is 4.22. The lowest BCUT2D eigenvalue weighted by Gasteiger charge is -2.22. The maximum Gasteiger partial charge on any atom is 0.358 e. The van der Waals surface area contributed by atoms with Crippen molar-refractivity contribution in [2.75, 3.05) is 13.7 Å².